The molecule has 2 aromatic rings. The van der Waals surface area contributed by atoms with Crippen LogP contribution in [0.1, 0.15) is 22.7 Å². The van der Waals surface area contributed by atoms with E-state index in [0.29, 0.717) is 5.01 Å². The number of esters is 1. The van der Waals surface area contributed by atoms with Crippen LogP contribution in [0.25, 0.3) is 0 Å². The highest BCUT2D eigenvalue weighted by Gasteiger charge is 2.36. The third-order valence-corrected chi connectivity index (χ3v) is 5.44. The van der Waals surface area contributed by atoms with Gasteiger partial charge >= 0.3 is 5.97 Å². The summed E-state index contributed by atoms with van der Waals surface area (Å²) in [5.41, 5.74) is 7.05. The van der Waals surface area contributed by atoms with Crippen molar-refractivity contribution in [3.8, 4) is 0 Å². The summed E-state index contributed by atoms with van der Waals surface area (Å²) in [6, 6.07) is 7.43. The Hall–Kier alpha value is -3.27. The Kier molecular flexibility index (Phi) is 6.78. The third-order valence-electron chi connectivity index (χ3n) is 4.47. The van der Waals surface area contributed by atoms with Crippen LogP contribution in [-0.4, -0.2) is 41.8 Å². The predicted octanol–water partition coefficient (Wildman–Crippen LogP) is 1.05. The van der Waals surface area contributed by atoms with E-state index in [1.165, 1.54) is 16.2 Å². The minimum absolute atomic E-state index is 0.0261. The third kappa shape index (κ3) is 5.63. The van der Waals surface area contributed by atoms with Crippen molar-refractivity contribution in [3.63, 3.8) is 0 Å². The number of carbonyl (C=O) groups excluding carboxylic acids is 4. The molecule has 30 heavy (non-hydrogen) atoms. The number of hydrogen-bond acceptors (Lipinski definition) is 7. The molecule has 0 aliphatic carbocycles. The second kappa shape index (κ2) is 9.49. The summed E-state index contributed by atoms with van der Waals surface area (Å²) in [7, 11) is 0. The van der Waals surface area contributed by atoms with Crippen LogP contribution in [0.4, 0.5) is 5.69 Å². The van der Waals surface area contributed by atoms with E-state index in [9.17, 15) is 19.2 Å². The van der Waals surface area contributed by atoms with E-state index < -0.39 is 30.3 Å². The monoisotopic (exact) mass is 430 g/mol. The van der Waals surface area contributed by atoms with Crippen LogP contribution in [0, 0.1) is 19.8 Å². The molecule has 1 atom stereocenters. The Morgan fingerprint density at radius 3 is 2.53 bits per heavy atom. The van der Waals surface area contributed by atoms with Gasteiger partial charge in [0.1, 0.15) is 5.01 Å². The molecule has 1 aliphatic rings. The van der Waals surface area contributed by atoms with Gasteiger partial charge in [0.05, 0.1) is 12.3 Å². The van der Waals surface area contributed by atoms with Gasteiger partial charge in [-0.15, -0.1) is 11.3 Å². The van der Waals surface area contributed by atoms with Crippen LogP contribution in [-0.2, 0) is 30.3 Å². The molecule has 9 nitrogen and oxygen atoms in total. The van der Waals surface area contributed by atoms with Crippen LogP contribution in [0.5, 0.6) is 0 Å². The van der Waals surface area contributed by atoms with Crippen molar-refractivity contribution >= 4 is 40.7 Å². The number of nitrogens with zero attached hydrogens (tertiary/aromatic N) is 2. The lowest BCUT2D eigenvalue weighted by Gasteiger charge is -2.16. The number of hydrazine groups is 1. The molecule has 2 N–H and O–H groups in total. The first-order chi connectivity index (χ1) is 14.3. The molecule has 2 heterocycles. The van der Waals surface area contributed by atoms with E-state index in [4.69, 9.17) is 4.74 Å². The molecular formula is C20H22N4O5S. The highest BCUT2D eigenvalue weighted by Crippen LogP contribution is 2.26. The Balaban J connectivity index is 1.40. The number of hydrogen-bond donors (Lipinski definition) is 2. The van der Waals surface area contributed by atoms with Gasteiger partial charge in [-0.25, -0.2) is 4.98 Å². The van der Waals surface area contributed by atoms with Crippen molar-refractivity contribution in [2.45, 2.75) is 26.7 Å². The first kappa shape index (κ1) is 21.4. The fraction of sp³-hybridized carbons (Fsp3) is 0.350. The number of thiazole rings is 1. The highest BCUT2D eigenvalue weighted by molar-refractivity contribution is 7.09. The Morgan fingerprint density at radius 1 is 1.17 bits per heavy atom. The van der Waals surface area contributed by atoms with Gasteiger partial charge in [-0.3, -0.25) is 30.0 Å². The number of anilines is 1. The summed E-state index contributed by atoms with van der Waals surface area (Å²) in [5, 5.41) is 2.46. The summed E-state index contributed by atoms with van der Waals surface area (Å²) >= 11 is 1.35. The first-order valence-electron chi connectivity index (χ1n) is 9.34. The zero-order chi connectivity index (χ0) is 21.7. The molecule has 0 bridgehead atoms. The van der Waals surface area contributed by atoms with Crippen LogP contribution in [0.2, 0.25) is 0 Å². The van der Waals surface area contributed by atoms with Crippen molar-refractivity contribution in [2.24, 2.45) is 5.92 Å². The number of benzene rings is 1. The van der Waals surface area contributed by atoms with E-state index in [1.54, 1.807) is 0 Å². The average Bonchev–Trinajstić information content (AvgIpc) is 3.30. The van der Waals surface area contributed by atoms with Gasteiger partial charge in [0.25, 0.3) is 5.91 Å². The van der Waals surface area contributed by atoms with Gasteiger partial charge in [-0.05, 0) is 26.0 Å². The number of aryl methyl sites for hydroxylation is 2. The van der Waals surface area contributed by atoms with Crippen LogP contribution in [0.3, 0.4) is 0 Å². The Bertz CT molecular complexity index is 956. The van der Waals surface area contributed by atoms with Gasteiger partial charge in [-0.1, -0.05) is 17.7 Å². The topological polar surface area (TPSA) is 118 Å². The molecule has 1 aromatic carbocycles. The molecule has 3 rings (SSSR count). The van der Waals surface area contributed by atoms with Crippen molar-refractivity contribution in [1.82, 2.24) is 15.8 Å². The van der Waals surface area contributed by atoms with Crippen molar-refractivity contribution in [1.29, 1.82) is 0 Å². The smallest absolute Gasteiger partial charge is 0.311 e. The zero-order valence-corrected chi connectivity index (χ0v) is 17.5. The summed E-state index contributed by atoms with van der Waals surface area (Å²) < 4.78 is 5.00. The van der Waals surface area contributed by atoms with Crippen LogP contribution >= 0.6 is 11.3 Å². The largest absolute Gasteiger partial charge is 0.455 e. The van der Waals surface area contributed by atoms with E-state index in [1.807, 2.05) is 43.5 Å². The van der Waals surface area contributed by atoms with Crippen LogP contribution < -0.4 is 15.8 Å². The van der Waals surface area contributed by atoms with E-state index in [0.717, 1.165) is 16.9 Å². The maximum atomic E-state index is 12.2. The maximum absolute atomic E-state index is 12.2. The van der Waals surface area contributed by atoms with E-state index in [-0.39, 0.29) is 25.3 Å². The molecule has 158 valence electrons. The van der Waals surface area contributed by atoms with Gasteiger partial charge in [0, 0.05) is 29.7 Å². The summed E-state index contributed by atoms with van der Waals surface area (Å²) in [6.07, 6.45) is 0.0654. The van der Waals surface area contributed by atoms with Gasteiger partial charge in [0.15, 0.2) is 6.61 Å². The molecular weight excluding hydrogens is 408 g/mol. The second-order valence-corrected chi connectivity index (χ2v) is 7.95. The maximum Gasteiger partial charge on any atom is 0.311 e. The van der Waals surface area contributed by atoms with Crippen molar-refractivity contribution < 1.29 is 23.9 Å². The summed E-state index contributed by atoms with van der Waals surface area (Å²) in [6.45, 7) is 3.42. The lowest BCUT2D eigenvalue weighted by atomic mass is 10.1. The molecule has 1 aliphatic heterocycles. The highest BCUT2D eigenvalue weighted by atomic mass is 32.1. The molecule has 1 saturated heterocycles. The standard InChI is InChI=1S/C20H22N4O5S/c1-12-3-5-15(6-4-12)24-9-14(7-19(24)27)20(28)29-10-17(26)23-22-16(25)8-18-21-13(2)11-30-18/h3-6,11,14H,7-10H2,1-2H3,(H,22,25)(H,23,26). The van der Waals surface area contributed by atoms with Gasteiger partial charge < -0.3 is 9.64 Å². The Labute approximate surface area is 177 Å². The number of rotatable bonds is 6. The van der Waals surface area contributed by atoms with Gasteiger partial charge in [-0.2, -0.15) is 0 Å². The number of aromatic nitrogens is 1. The number of nitrogens with one attached hydrogen (secondary N) is 2. The number of ether oxygens (including phenoxy) is 1. The lowest BCUT2D eigenvalue weighted by Crippen LogP contribution is -2.44. The fourth-order valence-corrected chi connectivity index (χ4v) is 3.71. The molecule has 10 heteroatoms. The minimum atomic E-state index is -0.674. The zero-order valence-electron chi connectivity index (χ0n) is 16.6. The average molecular weight is 430 g/mol. The predicted molar refractivity (Wildman–Crippen MR) is 109 cm³/mol. The second-order valence-electron chi connectivity index (χ2n) is 7.00. The van der Waals surface area contributed by atoms with Crippen molar-refractivity contribution in [3.05, 3.63) is 45.9 Å². The van der Waals surface area contributed by atoms with Gasteiger partial charge in [0.2, 0.25) is 11.8 Å². The van der Waals surface area contributed by atoms with E-state index >= 15 is 0 Å². The SMILES string of the molecule is Cc1ccc(N2CC(C(=O)OCC(=O)NNC(=O)Cc3nc(C)cs3)CC2=O)cc1. The molecule has 0 radical (unpaired) electrons. The normalized spacial score (nSPS) is 15.7. The molecule has 3 amide bonds. The number of carbonyl (C=O) groups is 4. The quantitative estimate of drug-likeness (QED) is 0.522. The fourth-order valence-electron chi connectivity index (χ4n) is 2.94. The van der Waals surface area contributed by atoms with E-state index in [2.05, 4.69) is 15.8 Å². The molecule has 0 saturated carbocycles. The summed E-state index contributed by atoms with van der Waals surface area (Å²) in [5.74, 6) is -2.55. The molecule has 1 aromatic heterocycles. The Morgan fingerprint density at radius 2 is 1.87 bits per heavy atom. The molecule has 1 unspecified atom stereocenters. The molecule has 1 fully saturated rings. The molecule has 0 spiro atoms. The van der Waals surface area contributed by atoms with Crippen molar-refractivity contribution in [2.75, 3.05) is 18.1 Å². The summed E-state index contributed by atoms with van der Waals surface area (Å²) in [4.78, 5) is 53.8. The lowest BCUT2D eigenvalue weighted by molar-refractivity contribution is -0.152. The van der Waals surface area contributed by atoms with Crippen LogP contribution in [0.15, 0.2) is 29.6 Å². The minimum Gasteiger partial charge on any atom is -0.455 e. The number of amides is 3. The first-order valence-corrected chi connectivity index (χ1v) is 10.2.